The Bertz CT molecular complexity index is 1540. The third kappa shape index (κ3) is 7.87. The van der Waals surface area contributed by atoms with Crippen LogP contribution in [-0.2, 0) is 39.2 Å². The fourth-order valence-electron chi connectivity index (χ4n) is 3.56. The van der Waals surface area contributed by atoms with Crippen molar-refractivity contribution in [3.63, 3.8) is 0 Å². The number of nitrogens with one attached hydrogen (secondary N) is 2. The van der Waals surface area contributed by atoms with Crippen LogP contribution in [0.15, 0.2) is 111 Å². The van der Waals surface area contributed by atoms with Crippen molar-refractivity contribution in [2.75, 3.05) is 0 Å². The number of amides is 2. The molecular weight excluding hydrogens is 540 g/mol. The third-order valence-corrected chi connectivity index (χ3v) is 7.59. The molecule has 0 aliphatic heterocycles. The van der Waals surface area contributed by atoms with Crippen molar-refractivity contribution >= 4 is 39.7 Å². The molecule has 0 saturated carbocycles. The summed E-state index contributed by atoms with van der Waals surface area (Å²) in [5.74, 6) is -1.15. The highest BCUT2D eigenvalue weighted by Crippen LogP contribution is 2.23. The SMILES string of the molecule is O=C(NCc1ccccc1)C(=O)N/N=C/c1ccc(CN(Cc2ccccc2)S(=O)(=O)c2ccc(Cl)cc2)o1. The molecule has 11 heteroatoms. The van der Waals surface area contributed by atoms with Gasteiger partial charge in [-0.25, -0.2) is 13.8 Å². The number of carbonyl (C=O) groups is 2. The van der Waals surface area contributed by atoms with Crippen molar-refractivity contribution in [2.24, 2.45) is 5.10 Å². The van der Waals surface area contributed by atoms with Gasteiger partial charge in [-0.05, 0) is 47.5 Å². The van der Waals surface area contributed by atoms with Crippen LogP contribution in [0.2, 0.25) is 5.02 Å². The lowest BCUT2D eigenvalue weighted by Crippen LogP contribution is -2.37. The molecule has 4 aromatic rings. The number of hydrazone groups is 1. The van der Waals surface area contributed by atoms with Gasteiger partial charge in [0.2, 0.25) is 10.0 Å². The van der Waals surface area contributed by atoms with Crippen LogP contribution in [0, 0.1) is 0 Å². The highest BCUT2D eigenvalue weighted by Gasteiger charge is 2.26. The molecule has 0 radical (unpaired) electrons. The normalized spacial score (nSPS) is 11.5. The molecular formula is C28H25ClN4O5S. The van der Waals surface area contributed by atoms with Crippen LogP contribution in [0.1, 0.15) is 22.6 Å². The average molecular weight is 565 g/mol. The first-order valence-corrected chi connectivity index (χ1v) is 13.7. The van der Waals surface area contributed by atoms with Crippen molar-refractivity contribution in [3.05, 3.63) is 125 Å². The monoisotopic (exact) mass is 564 g/mol. The maximum atomic E-state index is 13.4. The Labute approximate surface area is 231 Å². The topological polar surface area (TPSA) is 121 Å². The number of halogens is 1. The van der Waals surface area contributed by atoms with Gasteiger partial charge >= 0.3 is 11.8 Å². The maximum Gasteiger partial charge on any atom is 0.329 e. The van der Waals surface area contributed by atoms with Crippen LogP contribution in [0.5, 0.6) is 0 Å². The summed E-state index contributed by atoms with van der Waals surface area (Å²) in [6, 6.07) is 27.5. The van der Waals surface area contributed by atoms with Crippen molar-refractivity contribution < 1.29 is 22.4 Å². The second kappa shape index (κ2) is 13.0. The molecule has 200 valence electrons. The number of hydrogen-bond donors (Lipinski definition) is 2. The van der Waals surface area contributed by atoms with Gasteiger partial charge in [-0.15, -0.1) is 0 Å². The van der Waals surface area contributed by atoms with E-state index in [-0.39, 0.29) is 30.3 Å². The van der Waals surface area contributed by atoms with Crippen molar-refractivity contribution in [1.29, 1.82) is 0 Å². The minimum absolute atomic E-state index is 0.0536. The molecule has 0 unspecified atom stereocenters. The summed E-state index contributed by atoms with van der Waals surface area (Å²) < 4.78 is 33.9. The molecule has 3 aromatic carbocycles. The molecule has 1 aromatic heterocycles. The highest BCUT2D eigenvalue weighted by molar-refractivity contribution is 7.89. The summed E-state index contributed by atoms with van der Waals surface area (Å²) in [5.41, 5.74) is 3.80. The molecule has 0 aliphatic carbocycles. The quantitative estimate of drug-likeness (QED) is 0.171. The van der Waals surface area contributed by atoms with Crippen LogP contribution < -0.4 is 10.7 Å². The van der Waals surface area contributed by atoms with Crippen molar-refractivity contribution in [2.45, 2.75) is 24.5 Å². The van der Waals surface area contributed by atoms with E-state index in [0.29, 0.717) is 10.8 Å². The van der Waals surface area contributed by atoms with Gasteiger partial charge in [0.05, 0.1) is 17.7 Å². The van der Waals surface area contributed by atoms with Crippen molar-refractivity contribution in [1.82, 2.24) is 15.0 Å². The second-order valence-electron chi connectivity index (χ2n) is 8.38. The van der Waals surface area contributed by atoms with Crippen LogP contribution >= 0.6 is 11.6 Å². The number of benzene rings is 3. The zero-order chi connectivity index (χ0) is 27.7. The fourth-order valence-corrected chi connectivity index (χ4v) is 5.08. The molecule has 2 N–H and O–H groups in total. The zero-order valence-electron chi connectivity index (χ0n) is 20.7. The number of furan rings is 1. The standard InChI is InChI=1S/C28H25ClN4O5S/c29-23-11-15-26(16-12-23)39(36,37)33(19-22-9-5-2-6-10-22)20-25-14-13-24(38-25)18-31-32-28(35)27(34)30-17-21-7-3-1-4-8-21/h1-16,18H,17,19-20H2,(H,30,34)(H,32,35)/b31-18+. The van der Waals surface area contributed by atoms with E-state index < -0.39 is 21.8 Å². The lowest BCUT2D eigenvalue weighted by atomic mass is 10.2. The molecule has 9 nitrogen and oxygen atoms in total. The molecule has 0 saturated heterocycles. The summed E-state index contributed by atoms with van der Waals surface area (Å²) in [5, 5.41) is 6.69. The Morgan fingerprint density at radius 3 is 2.13 bits per heavy atom. The van der Waals surface area contributed by atoms with Gasteiger partial charge in [-0.3, -0.25) is 9.59 Å². The summed E-state index contributed by atoms with van der Waals surface area (Å²) in [7, 11) is -3.89. The summed E-state index contributed by atoms with van der Waals surface area (Å²) in [4.78, 5) is 24.1. The van der Waals surface area contributed by atoms with E-state index in [1.54, 1.807) is 12.1 Å². The maximum absolute atomic E-state index is 13.4. The molecule has 39 heavy (non-hydrogen) atoms. The molecule has 0 bridgehead atoms. The van der Waals surface area contributed by atoms with Crippen LogP contribution in [0.25, 0.3) is 0 Å². The minimum Gasteiger partial charge on any atom is -0.459 e. The molecule has 4 rings (SSSR count). The summed E-state index contributed by atoms with van der Waals surface area (Å²) in [6.45, 7) is 0.267. The van der Waals surface area contributed by atoms with E-state index in [4.69, 9.17) is 16.0 Å². The van der Waals surface area contributed by atoms with E-state index in [0.717, 1.165) is 11.1 Å². The number of hydrogen-bond acceptors (Lipinski definition) is 6. The van der Waals surface area contributed by atoms with Crippen LogP contribution in [-0.4, -0.2) is 30.8 Å². The van der Waals surface area contributed by atoms with Crippen LogP contribution in [0.4, 0.5) is 0 Å². The molecule has 0 spiro atoms. The molecule has 0 fully saturated rings. The Morgan fingerprint density at radius 2 is 1.46 bits per heavy atom. The summed E-state index contributed by atoms with van der Waals surface area (Å²) in [6.07, 6.45) is 1.22. The number of carbonyl (C=O) groups excluding carboxylic acids is 2. The van der Waals surface area contributed by atoms with Crippen molar-refractivity contribution in [3.8, 4) is 0 Å². The Kier molecular flexibility index (Phi) is 9.27. The number of rotatable bonds is 10. The third-order valence-electron chi connectivity index (χ3n) is 5.53. The van der Waals surface area contributed by atoms with E-state index >= 15 is 0 Å². The average Bonchev–Trinajstić information content (AvgIpc) is 3.39. The van der Waals surface area contributed by atoms with Gasteiger partial charge in [0.25, 0.3) is 0 Å². The molecule has 1 heterocycles. The predicted molar refractivity (Wildman–Crippen MR) is 147 cm³/mol. The molecule has 2 amide bonds. The van der Waals surface area contributed by atoms with E-state index in [1.807, 2.05) is 60.7 Å². The Hall–Kier alpha value is -4.25. The minimum atomic E-state index is -3.89. The van der Waals surface area contributed by atoms with Crippen LogP contribution in [0.3, 0.4) is 0 Å². The predicted octanol–water partition coefficient (Wildman–Crippen LogP) is 4.09. The van der Waals surface area contributed by atoms with E-state index in [1.165, 1.54) is 34.8 Å². The van der Waals surface area contributed by atoms with Gasteiger partial charge < -0.3 is 9.73 Å². The molecule has 0 aliphatic rings. The van der Waals surface area contributed by atoms with Gasteiger partial charge in [-0.2, -0.15) is 9.41 Å². The van der Waals surface area contributed by atoms with Gasteiger partial charge in [0, 0.05) is 18.1 Å². The molecule has 0 atom stereocenters. The first-order chi connectivity index (χ1) is 18.8. The Morgan fingerprint density at radius 1 is 0.821 bits per heavy atom. The van der Waals surface area contributed by atoms with Gasteiger partial charge in [0.1, 0.15) is 11.5 Å². The smallest absolute Gasteiger partial charge is 0.329 e. The van der Waals surface area contributed by atoms with E-state index in [2.05, 4.69) is 15.8 Å². The summed E-state index contributed by atoms with van der Waals surface area (Å²) >= 11 is 5.94. The lowest BCUT2D eigenvalue weighted by Gasteiger charge is -2.21. The zero-order valence-corrected chi connectivity index (χ0v) is 22.2. The number of nitrogens with zero attached hydrogens (tertiary/aromatic N) is 2. The second-order valence-corrected chi connectivity index (χ2v) is 10.8. The number of sulfonamides is 1. The lowest BCUT2D eigenvalue weighted by molar-refractivity contribution is -0.139. The first-order valence-electron chi connectivity index (χ1n) is 11.8. The highest BCUT2D eigenvalue weighted by atomic mass is 35.5. The van der Waals surface area contributed by atoms with E-state index in [9.17, 15) is 18.0 Å². The fraction of sp³-hybridized carbons (Fsp3) is 0.107. The largest absolute Gasteiger partial charge is 0.459 e. The van der Waals surface area contributed by atoms with Gasteiger partial charge in [-0.1, -0.05) is 72.3 Å². The Balaban J connectivity index is 1.40. The first kappa shape index (κ1) is 27.8. The van der Waals surface area contributed by atoms with Gasteiger partial charge in [0.15, 0.2) is 0 Å².